The average molecular weight is 369 g/mol. The van der Waals surface area contributed by atoms with E-state index in [1.807, 2.05) is 36.4 Å². The predicted molar refractivity (Wildman–Crippen MR) is 106 cm³/mol. The first kappa shape index (κ1) is 18.1. The van der Waals surface area contributed by atoms with Crippen LogP contribution in [0.15, 0.2) is 69.6 Å². The van der Waals surface area contributed by atoms with Gasteiger partial charge in [-0.15, -0.1) is 11.3 Å². The maximum absolute atomic E-state index is 5.37. The third-order valence-electron chi connectivity index (χ3n) is 3.83. The molecular formula is C20H23N3O2S. The van der Waals surface area contributed by atoms with Crippen LogP contribution in [0, 0.1) is 0 Å². The predicted octanol–water partition coefficient (Wildman–Crippen LogP) is 3.83. The lowest BCUT2D eigenvalue weighted by Gasteiger charge is -2.12. The lowest BCUT2D eigenvalue weighted by Crippen LogP contribution is -2.37. The molecule has 0 saturated carbocycles. The number of hydrogen-bond acceptors (Lipinski definition) is 4. The van der Waals surface area contributed by atoms with Crippen LogP contribution in [0.5, 0.6) is 5.75 Å². The van der Waals surface area contributed by atoms with E-state index in [1.165, 1.54) is 4.88 Å². The molecule has 0 aliphatic heterocycles. The minimum absolute atomic E-state index is 0.602. The van der Waals surface area contributed by atoms with E-state index in [4.69, 9.17) is 14.1 Å². The molecule has 2 heterocycles. The van der Waals surface area contributed by atoms with Gasteiger partial charge in [0.1, 0.15) is 11.5 Å². The van der Waals surface area contributed by atoms with Crippen LogP contribution in [0.3, 0.4) is 0 Å². The molecule has 0 spiro atoms. The van der Waals surface area contributed by atoms with E-state index >= 15 is 0 Å². The Morgan fingerprint density at radius 1 is 1.12 bits per heavy atom. The first-order valence-electron chi connectivity index (χ1n) is 8.53. The second-order valence-electron chi connectivity index (χ2n) is 5.70. The number of ether oxygens (including phenoxy) is 1. The summed E-state index contributed by atoms with van der Waals surface area (Å²) < 4.78 is 10.6. The average Bonchev–Trinajstić information content (AvgIpc) is 3.38. The van der Waals surface area contributed by atoms with Gasteiger partial charge in [-0.25, -0.2) is 4.99 Å². The number of thiophene rings is 1. The Kier molecular flexibility index (Phi) is 6.73. The Balaban J connectivity index is 1.57. The van der Waals surface area contributed by atoms with Gasteiger partial charge in [0.05, 0.1) is 26.5 Å². The number of rotatable bonds is 8. The Bertz CT molecular complexity index is 781. The van der Waals surface area contributed by atoms with E-state index in [-0.39, 0.29) is 0 Å². The second kappa shape index (κ2) is 9.68. The molecule has 0 radical (unpaired) electrons. The van der Waals surface area contributed by atoms with Gasteiger partial charge in [-0.2, -0.15) is 0 Å². The topological polar surface area (TPSA) is 58.8 Å². The zero-order chi connectivity index (χ0) is 18.0. The molecule has 0 amide bonds. The number of methoxy groups -OCH3 is 1. The normalized spacial score (nSPS) is 11.3. The maximum Gasteiger partial charge on any atom is 0.191 e. The van der Waals surface area contributed by atoms with Gasteiger partial charge in [0, 0.05) is 17.8 Å². The molecule has 0 aliphatic carbocycles. The van der Waals surface area contributed by atoms with Crippen LogP contribution >= 0.6 is 11.3 Å². The molecular weight excluding hydrogens is 346 g/mol. The molecule has 6 heteroatoms. The maximum atomic E-state index is 5.37. The summed E-state index contributed by atoms with van der Waals surface area (Å²) >= 11 is 1.73. The lowest BCUT2D eigenvalue weighted by atomic mass is 10.2. The summed E-state index contributed by atoms with van der Waals surface area (Å²) in [7, 11) is 1.67. The van der Waals surface area contributed by atoms with Crippen LogP contribution in [0.25, 0.3) is 0 Å². The lowest BCUT2D eigenvalue weighted by molar-refractivity contribution is 0.414. The highest BCUT2D eigenvalue weighted by molar-refractivity contribution is 7.09. The minimum Gasteiger partial charge on any atom is -0.497 e. The van der Waals surface area contributed by atoms with E-state index in [0.717, 1.165) is 42.5 Å². The summed E-state index contributed by atoms with van der Waals surface area (Å²) in [6.45, 7) is 2.11. The summed E-state index contributed by atoms with van der Waals surface area (Å²) in [6, 6.07) is 16.0. The quantitative estimate of drug-likeness (QED) is 0.468. The van der Waals surface area contributed by atoms with Gasteiger partial charge in [0.25, 0.3) is 0 Å². The standard InChI is InChI=1S/C20H23N3O2S/c1-24-17-8-6-16(7-9-17)14-22-20(23-15-19-5-3-13-26-19)21-11-10-18-4-2-12-25-18/h2-9,12-13H,10-11,14-15H2,1H3,(H2,21,22,23). The number of furan rings is 1. The molecule has 2 aromatic heterocycles. The smallest absolute Gasteiger partial charge is 0.191 e. The highest BCUT2D eigenvalue weighted by atomic mass is 32.1. The molecule has 3 aromatic rings. The summed E-state index contributed by atoms with van der Waals surface area (Å²) in [5.41, 5.74) is 1.13. The van der Waals surface area contributed by atoms with Gasteiger partial charge in [-0.1, -0.05) is 18.2 Å². The highest BCUT2D eigenvalue weighted by Crippen LogP contribution is 2.12. The summed E-state index contributed by atoms with van der Waals surface area (Å²) in [4.78, 5) is 5.97. The monoisotopic (exact) mass is 369 g/mol. The van der Waals surface area contributed by atoms with Gasteiger partial charge < -0.3 is 19.8 Å². The minimum atomic E-state index is 0.602. The molecule has 1 aromatic carbocycles. The van der Waals surface area contributed by atoms with Gasteiger partial charge in [-0.3, -0.25) is 0 Å². The van der Waals surface area contributed by atoms with Crippen molar-refractivity contribution in [2.45, 2.75) is 19.5 Å². The molecule has 0 bridgehead atoms. The molecule has 3 rings (SSSR count). The molecule has 0 atom stereocenters. The molecule has 0 saturated heterocycles. The van der Waals surface area contributed by atoms with Crippen molar-refractivity contribution in [2.24, 2.45) is 4.99 Å². The van der Waals surface area contributed by atoms with Crippen molar-refractivity contribution in [3.8, 4) is 5.75 Å². The molecule has 136 valence electrons. The third kappa shape index (κ3) is 5.67. The fourth-order valence-electron chi connectivity index (χ4n) is 2.42. The van der Waals surface area contributed by atoms with Crippen LogP contribution in [-0.4, -0.2) is 19.6 Å². The third-order valence-corrected chi connectivity index (χ3v) is 4.71. The van der Waals surface area contributed by atoms with Crippen LogP contribution in [-0.2, 0) is 19.5 Å². The van der Waals surface area contributed by atoms with Crippen molar-refractivity contribution in [3.05, 3.63) is 76.4 Å². The Morgan fingerprint density at radius 2 is 2.00 bits per heavy atom. The van der Waals surface area contributed by atoms with Gasteiger partial charge in [0.2, 0.25) is 0 Å². The van der Waals surface area contributed by atoms with E-state index in [9.17, 15) is 0 Å². The molecule has 0 aliphatic rings. The zero-order valence-corrected chi connectivity index (χ0v) is 15.6. The number of aliphatic imine (C=N–C) groups is 1. The van der Waals surface area contributed by atoms with Crippen molar-refractivity contribution in [3.63, 3.8) is 0 Å². The molecule has 5 nitrogen and oxygen atoms in total. The first-order valence-corrected chi connectivity index (χ1v) is 9.41. The van der Waals surface area contributed by atoms with Crippen LogP contribution in [0.1, 0.15) is 16.2 Å². The fraction of sp³-hybridized carbons (Fsp3) is 0.250. The Morgan fingerprint density at radius 3 is 2.69 bits per heavy atom. The number of guanidine groups is 1. The van der Waals surface area contributed by atoms with Crippen LogP contribution in [0.4, 0.5) is 0 Å². The molecule has 0 unspecified atom stereocenters. The number of hydrogen-bond donors (Lipinski definition) is 2. The van der Waals surface area contributed by atoms with E-state index in [1.54, 1.807) is 24.7 Å². The summed E-state index contributed by atoms with van der Waals surface area (Å²) in [5.74, 6) is 2.61. The van der Waals surface area contributed by atoms with Gasteiger partial charge in [-0.05, 0) is 41.3 Å². The van der Waals surface area contributed by atoms with Crippen molar-refractivity contribution in [1.29, 1.82) is 0 Å². The summed E-state index contributed by atoms with van der Waals surface area (Å²) in [5, 5.41) is 8.84. The first-order chi connectivity index (χ1) is 12.8. The molecule has 26 heavy (non-hydrogen) atoms. The van der Waals surface area contributed by atoms with E-state index in [0.29, 0.717) is 6.54 Å². The SMILES string of the molecule is COc1ccc(CN=C(NCCc2ccco2)NCc2cccs2)cc1. The highest BCUT2D eigenvalue weighted by Gasteiger charge is 2.02. The van der Waals surface area contributed by atoms with Crippen molar-refractivity contribution in [1.82, 2.24) is 10.6 Å². The number of nitrogens with one attached hydrogen (secondary N) is 2. The number of nitrogens with zero attached hydrogens (tertiary/aromatic N) is 1. The molecule has 2 N–H and O–H groups in total. The van der Waals surface area contributed by atoms with E-state index < -0.39 is 0 Å². The number of benzene rings is 1. The van der Waals surface area contributed by atoms with Crippen LogP contribution in [0.2, 0.25) is 0 Å². The van der Waals surface area contributed by atoms with Gasteiger partial charge in [0.15, 0.2) is 5.96 Å². The largest absolute Gasteiger partial charge is 0.497 e. The van der Waals surface area contributed by atoms with Crippen molar-refractivity contribution < 1.29 is 9.15 Å². The molecule has 0 fully saturated rings. The Hall–Kier alpha value is -2.73. The fourth-order valence-corrected chi connectivity index (χ4v) is 3.06. The second-order valence-corrected chi connectivity index (χ2v) is 6.73. The Labute approximate surface area is 157 Å². The van der Waals surface area contributed by atoms with Crippen LogP contribution < -0.4 is 15.4 Å². The van der Waals surface area contributed by atoms with Crippen molar-refractivity contribution in [2.75, 3.05) is 13.7 Å². The van der Waals surface area contributed by atoms with E-state index in [2.05, 4.69) is 28.1 Å². The summed E-state index contributed by atoms with van der Waals surface area (Å²) in [6.07, 6.45) is 2.51. The van der Waals surface area contributed by atoms with Crippen molar-refractivity contribution >= 4 is 17.3 Å². The van der Waals surface area contributed by atoms with Gasteiger partial charge >= 0.3 is 0 Å². The zero-order valence-electron chi connectivity index (χ0n) is 14.8.